The Morgan fingerprint density at radius 1 is 0.455 bits per heavy atom. The van der Waals surface area contributed by atoms with Crippen molar-refractivity contribution in [1.29, 1.82) is 0 Å². The molecule has 0 aliphatic rings. The van der Waals surface area contributed by atoms with Crippen LogP contribution in [0.3, 0.4) is 0 Å². The predicted octanol–water partition coefficient (Wildman–Crippen LogP) is 9.31. The topological polar surface area (TPSA) is 83.5 Å². The molecule has 8 aromatic rings. The Bertz CT molecular complexity index is 2540. The van der Waals surface area contributed by atoms with Crippen LogP contribution >= 0.6 is 0 Å². The molecular weight excluding hydrogens is 689 g/mol. The quantitative estimate of drug-likeness (QED) is 0.0535. The van der Waals surface area contributed by atoms with E-state index in [1.807, 2.05) is 18.2 Å². The van der Waals surface area contributed by atoms with Gasteiger partial charge in [0.25, 0.3) is 0 Å². The van der Waals surface area contributed by atoms with Crippen LogP contribution in [0.15, 0.2) is 127 Å². The number of esters is 1. The van der Waals surface area contributed by atoms with Gasteiger partial charge in [0.1, 0.15) is 19.0 Å². The van der Waals surface area contributed by atoms with Gasteiger partial charge in [-0.2, -0.15) is 0 Å². The fraction of sp³-hybridized carbons (Fsp3) is 0.229. The standard InChI is InChI=1S/C48H44O7/c49-23-25-52-28-30-54-43-21-19-34-7-2-4-11-41(34)48(43)47-38(13-12-33-6-1-3-10-40(33)47)22-24-51-26-27-53-29-31-55-44(50)32-39-17-16-37-15-14-35-8-5-9-36-18-20-42(39)46(37)45(35)36/h1-21,49H,22-32H2. The van der Waals surface area contributed by atoms with Crippen molar-refractivity contribution in [3.8, 4) is 16.9 Å². The first-order chi connectivity index (χ1) is 27.2. The highest BCUT2D eigenvalue weighted by atomic mass is 16.6. The average Bonchev–Trinajstić information content (AvgIpc) is 3.22. The van der Waals surface area contributed by atoms with Gasteiger partial charge in [-0.05, 0) is 83.0 Å². The third-order valence-corrected chi connectivity index (χ3v) is 10.2. The summed E-state index contributed by atoms with van der Waals surface area (Å²) in [5, 5.41) is 20.7. The molecule has 0 atom stereocenters. The fourth-order valence-electron chi connectivity index (χ4n) is 7.70. The summed E-state index contributed by atoms with van der Waals surface area (Å²) in [4.78, 5) is 12.9. The summed E-state index contributed by atoms with van der Waals surface area (Å²) >= 11 is 0. The van der Waals surface area contributed by atoms with E-state index >= 15 is 0 Å². The molecule has 0 saturated heterocycles. The molecule has 0 aromatic heterocycles. The molecule has 7 nitrogen and oxygen atoms in total. The zero-order chi connectivity index (χ0) is 37.4. The second kappa shape index (κ2) is 17.3. The number of rotatable bonds is 18. The van der Waals surface area contributed by atoms with Crippen molar-refractivity contribution in [2.24, 2.45) is 0 Å². The number of carbonyl (C=O) groups is 1. The third kappa shape index (κ3) is 7.97. The Hall–Kier alpha value is -5.57. The smallest absolute Gasteiger partial charge is 0.310 e. The SMILES string of the molecule is O=C(Cc1ccc2ccc3cccc4ccc1c2c34)OCCOCCOCCc1ccc2ccccc2c1-c1c(OCCOCCO)ccc2ccccc12. The number of ether oxygens (including phenoxy) is 5. The van der Waals surface area contributed by atoms with E-state index in [9.17, 15) is 4.79 Å². The molecule has 0 fully saturated rings. The van der Waals surface area contributed by atoms with Crippen molar-refractivity contribution < 1.29 is 33.6 Å². The summed E-state index contributed by atoms with van der Waals surface area (Å²) in [5.41, 5.74) is 4.30. The largest absolute Gasteiger partial charge is 0.491 e. The second-order valence-corrected chi connectivity index (χ2v) is 13.6. The Morgan fingerprint density at radius 3 is 1.80 bits per heavy atom. The minimum absolute atomic E-state index is 0.0186. The lowest BCUT2D eigenvalue weighted by atomic mass is 9.88. The van der Waals surface area contributed by atoms with Gasteiger partial charge in [0.2, 0.25) is 0 Å². The van der Waals surface area contributed by atoms with Crippen LogP contribution in [0.2, 0.25) is 0 Å². The zero-order valence-electron chi connectivity index (χ0n) is 30.8. The molecular formula is C48H44O7. The maximum Gasteiger partial charge on any atom is 0.310 e. The highest BCUT2D eigenvalue weighted by molar-refractivity contribution is 6.23. The van der Waals surface area contributed by atoms with Crippen molar-refractivity contribution in [3.63, 3.8) is 0 Å². The summed E-state index contributed by atoms with van der Waals surface area (Å²) in [6.07, 6.45) is 0.905. The van der Waals surface area contributed by atoms with Gasteiger partial charge in [-0.3, -0.25) is 4.79 Å². The Kier molecular flexibility index (Phi) is 11.4. The van der Waals surface area contributed by atoms with E-state index in [2.05, 4.69) is 109 Å². The lowest BCUT2D eigenvalue weighted by molar-refractivity contribution is -0.144. The molecule has 0 bridgehead atoms. The molecule has 0 aliphatic carbocycles. The summed E-state index contributed by atoms with van der Waals surface area (Å²) in [5.74, 6) is 0.519. The first-order valence-electron chi connectivity index (χ1n) is 19.0. The lowest BCUT2D eigenvalue weighted by Crippen LogP contribution is -2.15. The van der Waals surface area contributed by atoms with E-state index in [1.54, 1.807) is 0 Å². The Balaban J connectivity index is 0.858. The zero-order valence-corrected chi connectivity index (χ0v) is 30.8. The summed E-state index contributed by atoms with van der Waals surface area (Å²) in [6.45, 7) is 2.85. The van der Waals surface area contributed by atoms with Gasteiger partial charge in [-0.15, -0.1) is 0 Å². The normalized spacial score (nSPS) is 11.7. The Labute approximate surface area is 320 Å². The molecule has 8 rings (SSSR count). The number of aliphatic hydroxyl groups is 1. The minimum atomic E-state index is -0.268. The summed E-state index contributed by atoms with van der Waals surface area (Å²) < 4.78 is 29.2. The van der Waals surface area contributed by atoms with E-state index in [0.717, 1.165) is 54.9 Å². The second-order valence-electron chi connectivity index (χ2n) is 13.6. The van der Waals surface area contributed by atoms with Crippen molar-refractivity contribution in [3.05, 3.63) is 139 Å². The molecule has 0 radical (unpaired) electrons. The first kappa shape index (κ1) is 36.4. The predicted molar refractivity (Wildman–Crippen MR) is 220 cm³/mol. The molecule has 0 heterocycles. The third-order valence-electron chi connectivity index (χ3n) is 10.2. The number of fused-ring (bicyclic) bond motifs is 2. The van der Waals surface area contributed by atoms with Crippen molar-refractivity contribution in [1.82, 2.24) is 0 Å². The van der Waals surface area contributed by atoms with E-state index < -0.39 is 0 Å². The summed E-state index contributed by atoms with van der Waals surface area (Å²) in [6, 6.07) is 44.3. The lowest BCUT2D eigenvalue weighted by Gasteiger charge is -2.20. The first-order valence-corrected chi connectivity index (χ1v) is 19.0. The summed E-state index contributed by atoms with van der Waals surface area (Å²) in [7, 11) is 0. The van der Waals surface area contributed by atoms with Crippen LogP contribution in [0.4, 0.5) is 0 Å². The minimum Gasteiger partial charge on any atom is -0.491 e. The Morgan fingerprint density at radius 2 is 1.02 bits per heavy atom. The van der Waals surface area contributed by atoms with Crippen LogP contribution in [-0.2, 0) is 36.6 Å². The van der Waals surface area contributed by atoms with Crippen LogP contribution in [0.25, 0.3) is 65.0 Å². The maximum absolute atomic E-state index is 12.9. The van der Waals surface area contributed by atoms with Crippen LogP contribution in [0.1, 0.15) is 11.1 Å². The van der Waals surface area contributed by atoms with E-state index in [1.165, 1.54) is 26.9 Å². The van der Waals surface area contributed by atoms with E-state index in [0.29, 0.717) is 46.1 Å². The maximum atomic E-state index is 12.9. The van der Waals surface area contributed by atoms with Gasteiger partial charge >= 0.3 is 5.97 Å². The molecule has 0 unspecified atom stereocenters. The van der Waals surface area contributed by atoms with Crippen molar-refractivity contribution in [2.75, 3.05) is 59.5 Å². The highest BCUT2D eigenvalue weighted by Gasteiger charge is 2.18. The van der Waals surface area contributed by atoms with Crippen molar-refractivity contribution >= 4 is 59.8 Å². The van der Waals surface area contributed by atoms with Gasteiger partial charge in [0.05, 0.1) is 52.7 Å². The number of hydrogen-bond donors (Lipinski definition) is 1. The van der Waals surface area contributed by atoms with E-state index in [-0.39, 0.29) is 32.2 Å². The molecule has 1 N–H and O–H groups in total. The van der Waals surface area contributed by atoms with Gasteiger partial charge in [-0.25, -0.2) is 0 Å². The molecule has 0 spiro atoms. The molecule has 55 heavy (non-hydrogen) atoms. The molecule has 8 aromatic carbocycles. The molecule has 278 valence electrons. The van der Waals surface area contributed by atoms with Gasteiger partial charge in [0, 0.05) is 5.56 Å². The van der Waals surface area contributed by atoms with Crippen LogP contribution < -0.4 is 4.74 Å². The van der Waals surface area contributed by atoms with Gasteiger partial charge < -0.3 is 28.8 Å². The average molecular weight is 733 g/mol. The van der Waals surface area contributed by atoms with Crippen LogP contribution in [0.5, 0.6) is 5.75 Å². The van der Waals surface area contributed by atoms with Crippen LogP contribution in [-0.4, -0.2) is 70.5 Å². The fourth-order valence-corrected chi connectivity index (χ4v) is 7.70. The monoisotopic (exact) mass is 732 g/mol. The highest BCUT2D eigenvalue weighted by Crippen LogP contribution is 2.43. The number of hydrogen-bond acceptors (Lipinski definition) is 7. The van der Waals surface area contributed by atoms with Crippen LogP contribution in [0, 0.1) is 0 Å². The van der Waals surface area contributed by atoms with Gasteiger partial charge in [-0.1, -0.05) is 121 Å². The van der Waals surface area contributed by atoms with E-state index in [4.69, 9.17) is 28.8 Å². The molecule has 0 saturated carbocycles. The number of benzene rings is 8. The molecule has 0 aliphatic heterocycles. The molecule has 0 amide bonds. The van der Waals surface area contributed by atoms with Gasteiger partial charge in [0.15, 0.2) is 0 Å². The number of carbonyl (C=O) groups excluding carboxylic acids is 1. The number of aliphatic hydroxyl groups excluding tert-OH is 1. The van der Waals surface area contributed by atoms with Crippen molar-refractivity contribution in [2.45, 2.75) is 12.8 Å². The molecule has 7 heteroatoms.